The lowest BCUT2D eigenvalue weighted by atomic mass is 9.81. The van der Waals surface area contributed by atoms with Crippen molar-refractivity contribution in [2.45, 2.75) is 58.8 Å². The second-order valence-electron chi connectivity index (χ2n) is 6.18. The Kier molecular flexibility index (Phi) is 5.62. The maximum atomic E-state index is 5.95. The summed E-state index contributed by atoms with van der Waals surface area (Å²) >= 11 is 0. The highest BCUT2D eigenvalue weighted by atomic mass is 15.0. The Balaban J connectivity index is 1.83. The van der Waals surface area contributed by atoms with Crippen molar-refractivity contribution in [2.75, 3.05) is 17.6 Å². The molecule has 20 heavy (non-hydrogen) atoms. The Labute approximate surface area is 122 Å². The van der Waals surface area contributed by atoms with E-state index >= 15 is 0 Å². The first-order valence-corrected chi connectivity index (χ1v) is 8.04. The van der Waals surface area contributed by atoms with E-state index < -0.39 is 0 Å². The van der Waals surface area contributed by atoms with Crippen LogP contribution in [0.5, 0.6) is 0 Å². The molecule has 0 amide bonds. The Bertz CT molecular complexity index is 411. The molecule has 2 rings (SSSR count). The lowest BCUT2D eigenvalue weighted by Gasteiger charge is -2.26. The van der Waals surface area contributed by atoms with Gasteiger partial charge in [-0.1, -0.05) is 46.0 Å². The molecule has 0 aromatic carbocycles. The summed E-state index contributed by atoms with van der Waals surface area (Å²) in [5, 5.41) is 3.47. The van der Waals surface area contributed by atoms with Crippen LogP contribution >= 0.6 is 0 Å². The van der Waals surface area contributed by atoms with E-state index in [2.05, 4.69) is 29.1 Å². The predicted octanol–water partition coefficient (Wildman–Crippen LogP) is 3.64. The maximum Gasteiger partial charge on any atom is 0.134 e. The first-order chi connectivity index (χ1) is 9.70. The summed E-state index contributed by atoms with van der Waals surface area (Å²) < 4.78 is 0. The molecule has 0 atom stereocenters. The summed E-state index contributed by atoms with van der Waals surface area (Å²) in [5.41, 5.74) is 7.02. The summed E-state index contributed by atoms with van der Waals surface area (Å²) in [5.74, 6) is 3.36. The highest BCUT2D eigenvalue weighted by molar-refractivity contribution is 5.54. The van der Waals surface area contributed by atoms with Gasteiger partial charge in [-0.25, -0.2) is 9.97 Å². The van der Waals surface area contributed by atoms with E-state index in [-0.39, 0.29) is 0 Å². The van der Waals surface area contributed by atoms with Crippen LogP contribution < -0.4 is 11.1 Å². The molecule has 3 N–H and O–H groups in total. The monoisotopic (exact) mass is 276 g/mol. The van der Waals surface area contributed by atoms with Crippen LogP contribution in [0.4, 0.5) is 11.6 Å². The van der Waals surface area contributed by atoms with Crippen molar-refractivity contribution in [3.05, 3.63) is 11.9 Å². The Hall–Kier alpha value is -1.32. The molecule has 0 saturated heterocycles. The van der Waals surface area contributed by atoms with Gasteiger partial charge >= 0.3 is 0 Å². The molecule has 1 aromatic heterocycles. The minimum absolute atomic E-state index is 0.621. The van der Waals surface area contributed by atoms with Crippen LogP contribution in [0.25, 0.3) is 0 Å². The molecule has 112 valence electrons. The van der Waals surface area contributed by atoms with Crippen molar-refractivity contribution >= 4 is 11.6 Å². The number of aromatic nitrogens is 2. The van der Waals surface area contributed by atoms with E-state index in [0.717, 1.165) is 42.6 Å². The molecule has 1 aromatic rings. The van der Waals surface area contributed by atoms with Crippen LogP contribution in [-0.2, 0) is 6.42 Å². The second-order valence-corrected chi connectivity index (χ2v) is 6.18. The molecule has 1 aliphatic rings. The molecule has 0 bridgehead atoms. The highest BCUT2D eigenvalue weighted by Gasteiger charge is 2.18. The van der Waals surface area contributed by atoms with E-state index in [1.807, 2.05) is 0 Å². The number of nitrogens with one attached hydrogen (secondary N) is 1. The number of hydrogen-bond acceptors (Lipinski definition) is 4. The highest BCUT2D eigenvalue weighted by Crippen LogP contribution is 2.30. The first-order valence-electron chi connectivity index (χ1n) is 8.04. The van der Waals surface area contributed by atoms with Crippen molar-refractivity contribution < 1.29 is 0 Å². The smallest absolute Gasteiger partial charge is 0.134 e. The van der Waals surface area contributed by atoms with E-state index in [9.17, 15) is 0 Å². The van der Waals surface area contributed by atoms with Gasteiger partial charge in [0.05, 0.1) is 0 Å². The van der Waals surface area contributed by atoms with Gasteiger partial charge in [-0.2, -0.15) is 0 Å². The molecule has 0 spiro atoms. The van der Waals surface area contributed by atoms with Gasteiger partial charge < -0.3 is 11.1 Å². The first kappa shape index (κ1) is 15.1. The van der Waals surface area contributed by atoms with Gasteiger partial charge in [-0.05, 0) is 24.7 Å². The quantitative estimate of drug-likeness (QED) is 0.832. The molecule has 1 heterocycles. The van der Waals surface area contributed by atoms with Gasteiger partial charge in [-0.15, -0.1) is 0 Å². The van der Waals surface area contributed by atoms with Crippen LogP contribution in [0.15, 0.2) is 6.33 Å². The third-order valence-electron chi connectivity index (χ3n) is 4.46. The third-order valence-corrected chi connectivity index (χ3v) is 4.46. The summed E-state index contributed by atoms with van der Waals surface area (Å²) in [7, 11) is 0. The zero-order valence-electron chi connectivity index (χ0n) is 12.9. The van der Waals surface area contributed by atoms with Gasteiger partial charge in [0.25, 0.3) is 0 Å². The lowest BCUT2D eigenvalue weighted by molar-refractivity contribution is 0.282. The Morgan fingerprint density at radius 1 is 1.25 bits per heavy atom. The molecule has 4 heteroatoms. The topological polar surface area (TPSA) is 63.8 Å². The number of nitrogens with zero attached hydrogens (tertiary/aromatic N) is 2. The van der Waals surface area contributed by atoms with Gasteiger partial charge in [0.1, 0.15) is 18.0 Å². The van der Waals surface area contributed by atoms with E-state index in [1.165, 1.54) is 32.1 Å². The SMILES string of the molecule is CCCc1c(N)ncnc1NCCC1CCC(C)CC1. The van der Waals surface area contributed by atoms with Crippen LogP contribution in [0.2, 0.25) is 0 Å². The number of anilines is 2. The summed E-state index contributed by atoms with van der Waals surface area (Å²) in [6.45, 7) is 5.51. The zero-order valence-corrected chi connectivity index (χ0v) is 12.9. The van der Waals surface area contributed by atoms with Gasteiger partial charge in [-0.3, -0.25) is 0 Å². The van der Waals surface area contributed by atoms with Crippen molar-refractivity contribution in [3.8, 4) is 0 Å². The van der Waals surface area contributed by atoms with Crippen molar-refractivity contribution in [1.29, 1.82) is 0 Å². The van der Waals surface area contributed by atoms with Crippen LogP contribution in [0.3, 0.4) is 0 Å². The number of nitrogens with two attached hydrogens (primary N) is 1. The fourth-order valence-electron chi connectivity index (χ4n) is 3.09. The minimum Gasteiger partial charge on any atom is -0.383 e. The normalized spacial score (nSPS) is 22.7. The molecule has 1 aliphatic carbocycles. The van der Waals surface area contributed by atoms with Crippen molar-refractivity contribution in [1.82, 2.24) is 9.97 Å². The molecule has 0 radical (unpaired) electrons. The van der Waals surface area contributed by atoms with E-state index in [4.69, 9.17) is 5.73 Å². The van der Waals surface area contributed by atoms with Gasteiger partial charge in [0.15, 0.2) is 0 Å². The number of hydrogen-bond donors (Lipinski definition) is 2. The molecule has 0 aliphatic heterocycles. The summed E-state index contributed by atoms with van der Waals surface area (Å²) in [6, 6.07) is 0. The fourth-order valence-corrected chi connectivity index (χ4v) is 3.09. The molecule has 4 nitrogen and oxygen atoms in total. The third kappa shape index (κ3) is 4.09. The second kappa shape index (κ2) is 7.46. The molecule has 1 saturated carbocycles. The molecular formula is C16H28N4. The molecule has 0 unspecified atom stereocenters. The average molecular weight is 276 g/mol. The number of nitrogen functional groups attached to an aromatic ring is 1. The minimum atomic E-state index is 0.621. The maximum absolute atomic E-state index is 5.95. The predicted molar refractivity (Wildman–Crippen MR) is 84.7 cm³/mol. The van der Waals surface area contributed by atoms with E-state index in [1.54, 1.807) is 6.33 Å². The summed E-state index contributed by atoms with van der Waals surface area (Å²) in [6.07, 6.45) is 10.4. The van der Waals surface area contributed by atoms with Crippen molar-refractivity contribution in [2.24, 2.45) is 11.8 Å². The van der Waals surface area contributed by atoms with Crippen LogP contribution in [0, 0.1) is 11.8 Å². The van der Waals surface area contributed by atoms with Crippen LogP contribution in [0.1, 0.15) is 57.9 Å². The van der Waals surface area contributed by atoms with Crippen LogP contribution in [-0.4, -0.2) is 16.5 Å². The Morgan fingerprint density at radius 2 is 2.00 bits per heavy atom. The largest absolute Gasteiger partial charge is 0.383 e. The molecular weight excluding hydrogens is 248 g/mol. The van der Waals surface area contributed by atoms with Gasteiger partial charge in [0, 0.05) is 12.1 Å². The zero-order chi connectivity index (χ0) is 14.4. The Morgan fingerprint density at radius 3 is 2.70 bits per heavy atom. The molecule has 1 fully saturated rings. The standard InChI is InChI=1S/C16H28N4/c1-3-4-14-15(17)19-11-20-16(14)18-10-9-13-7-5-12(2)6-8-13/h11-13H,3-10H2,1-2H3,(H3,17,18,19,20). The average Bonchev–Trinajstić information content (AvgIpc) is 2.45. The van der Waals surface area contributed by atoms with E-state index in [0.29, 0.717) is 5.82 Å². The fraction of sp³-hybridized carbons (Fsp3) is 0.750. The lowest BCUT2D eigenvalue weighted by Crippen LogP contribution is -2.17. The summed E-state index contributed by atoms with van der Waals surface area (Å²) in [4.78, 5) is 8.44. The van der Waals surface area contributed by atoms with Crippen molar-refractivity contribution in [3.63, 3.8) is 0 Å². The van der Waals surface area contributed by atoms with Gasteiger partial charge in [0.2, 0.25) is 0 Å². The number of rotatable bonds is 6.